The molecule has 0 saturated carbocycles. The number of benzene rings is 1. The summed E-state index contributed by atoms with van der Waals surface area (Å²) >= 11 is 1.62. The number of hydrogen-bond donors (Lipinski definition) is 2. The second-order valence-electron chi connectivity index (χ2n) is 5.04. The van der Waals surface area contributed by atoms with Gasteiger partial charge in [-0.05, 0) is 48.9 Å². The smallest absolute Gasteiger partial charge is 0.310 e. The lowest BCUT2D eigenvalue weighted by Gasteiger charge is -2.19. The molecule has 0 spiro atoms. The van der Waals surface area contributed by atoms with Crippen molar-refractivity contribution in [3.63, 3.8) is 0 Å². The highest BCUT2D eigenvalue weighted by Crippen LogP contribution is 2.22. The minimum absolute atomic E-state index is 0.100. The highest BCUT2D eigenvalue weighted by Gasteiger charge is 2.27. The summed E-state index contributed by atoms with van der Waals surface area (Å²) in [6.07, 6.45) is 0. The summed E-state index contributed by atoms with van der Waals surface area (Å²) in [5, 5.41) is 14.6. The SMILES string of the molecule is CC(C)(CNC(=O)c1ccc2sccc2c1)C(=O)O. The van der Waals surface area contributed by atoms with E-state index in [-0.39, 0.29) is 12.5 Å². The van der Waals surface area contributed by atoms with E-state index in [1.165, 1.54) is 0 Å². The Kier molecular flexibility index (Phi) is 3.57. The molecule has 0 atom stereocenters. The Bertz CT molecular complexity index is 630. The Morgan fingerprint density at radius 2 is 2.05 bits per heavy atom. The van der Waals surface area contributed by atoms with Gasteiger partial charge in [-0.1, -0.05) is 0 Å². The molecule has 2 aromatic rings. The lowest BCUT2D eigenvalue weighted by molar-refractivity contribution is -0.146. The topological polar surface area (TPSA) is 66.4 Å². The van der Waals surface area contributed by atoms with Crippen LogP contribution in [0.4, 0.5) is 0 Å². The molecular formula is C14H15NO3S. The summed E-state index contributed by atoms with van der Waals surface area (Å²) in [6.45, 7) is 3.26. The number of carbonyl (C=O) groups is 2. The first kappa shape index (κ1) is 13.5. The molecule has 4 nitrogen and oxygen atoms in total. The molecule has 0 aliphatic rings. The third-order valence-electron chi connectivity index (χ3n) is 2.98. The molecule has 1 aromatic carbocycles. The first-order valence-corrected chi connectivity index (χ1v) is 6.77. The van der Waals surface area contributed by atoms with Gasteiger partial charge in [-0.25, -0.2) is 0 Å². The van der Waals surface area contributed by atoms with Crippen molar-refractivity contribution in [2.75, 3.05) is 6.54 Å². The molecule has 0 saturated heterocycles. The highest BCUT2D eigenvalue weighted by atomic mass is 32.1. The van der Waals surface area contributed by atoms with E-state index < -0.39 is 11.4 Å². The zero-order chi connectivity index (χ0) is 14.0. The van der Waals surface area contributed by atoms with E-state index >= 15 is 0 Å². The Morgan fingerprint density at radius 3 is 2.74 bits per heavy atom. The van der Waals surface area contributed by atoms with Crippen molar-refractivity contribution in [3.8, 4) is 0 Å². The number of fused-ring (bicyclic) bond motifs is 1. The number of carboxylic acids is 1. The van der Waals surface area contributed by atoms with Gasteiger partial charge in [0.05, 0.1) is 5.41 Å². The molecular weight excluding hydrogens is 262 g/mol. The van der Waals surface area contributed by atoms with Gasteiger partial charge in [0.15, 0.2) is 0 Å². The Balaban J connectivity index is 2.09. The van der Waals surface area contributed by atoms with Crippen LogP contribution in [0.3, 0.4) is 0 Å². The fourth-order valence-corrected chi connectivity index (χ4v) is 2.36. The van der Waals surface area contributed by atoms with E-state index in [4.69, 9.17) is 5.11 Å². The molecule has 1 amide bonds. The van der Waals surface area contributed by atoms with Crippen LogP contribution in [0.25, 0.3) is 10.1 Å². The highest BCUT2D eigenvalue weighted by molar-refractivity contribution is 7.17. The van der Waals surface area contributed by atoms with Crippen LogP contribution in [0.2, 0.25) is 0 Å². The number of rotatable bonds is 4. The summed E-state index contributed by atoms with van der Waals surface area (Å²) in [4.78, 5) is 22.9. The lowest BCUT2D eigenvalue weighted by Crippen LogP contribution is -2.38. The van der Waals surface area contributed by atoms with E-state index in [1.807, 2.05) is 23.6 Å². The second-order valence-corrected chi connectivity index (χ2v) is 5.99. The number of hydrogen-bond acceptors (Lipinski definition) is 3. The third kappa shape index (κ3) is 2.93. The fraction of sp³-hybridized carbons (Fsp3) is 0.286. The van der Waals surface area contributed by atoms with Gasteiger partial charge >= 0.3 is 5.97 Å². The first-order chi connectivity index (χ1) is 8.90. The minimum atomic E-state index is -0.970. The Morgan fingerprint density at radius 1 is 1.32 bits per heavy atom. The molecule has 5 heteroatoms. The average molecular weight is 277 g/mol. The summed E-state index contributed by atoms with van der Waals surface area (Å²) in [5.41, 5.74) is -0.422. The zero-order valence-electron chi connectivity index (χ0n) is 10.8. The van der Waals surface area contributed by atoms with Crippen LogP contribution in [-0.4, -0.2) is 23.5 Å². The maximum absolute atomic E-state index is 12.0. The maximum atomic E-state index is 12.0. The second kappa shape index (κ2) is 5.01. The van der Waals surface area contributed by atoms with Crippen LogP contribution in [0.15, 0.2) is 29.6 Å². The first-order valence-electron chi connectivity index (χ1n) is 5.89. The van der Waals surface area contributed by atoms with Crippen molar-refractivity contribution in [1.29, 1.82) is 0 Å². The molecule has 0 aliphatic heterocycles. The monoisotopic (exact) mass is 277 g/mol. The van der Waals surface area contributed by atoms with Crippen molar-refractivity contribution in [2.24, 2.45) is 5.41 Å². The van der Waals surface area contributed by atoms with Gasteiger partial charge < -0.3 is 10.4 Å². The normalized spacial score (nSPS) is 11.5. The van der Waals surface area contributed by atoms with E-state index in [1.54, 1.807) is 31.3 Å². The van der Waals surface area contributed by atoms with Gasteiger partial charge in [0.2, 0.25) is 0 Å². The van der Waals surface area contributed by atoms with Crippen LogP contribution in [0.5, 0.6) is 0 Å². The molecule has 2 N–H and O–H groups in total. The van der Waals surface area contributed by atoms with E-state index in [9.17, 15) is 9.59 Å². The molecule has 0 unspecified atom stereocenters. The molecule has 0 bridgehead atoms. The number of carboxylic acid groups (broad SMARTS) is 1. The standard InChI is InChI=1S/C14H15NO3S/c1-14(2,13(17)18)8-15-12(16)10-3-4-11-9(7-10)5-6-19-11/h3-7H,8H2,1-2H3,(H,15,16)(H,17,18). The fourth-order valence-electron chi connectivity index (χ4n) is 1.59. The van der Waals surface area contributed by atoms with Crippen molar-refractivity contribution in [1.82, 2.24) is 5.32 Å². The summed E-state index contributed by atoms with van der Waals surface area (Å²) < 4.78 is 1.13. The number of carbonyl (C=O) groups excluding carboxylic acids is 1. The molecule has 1 heterocycles. The predicted molar refractivity (Wildman–Crippen MR) is 75.6 cm³/mol. The van der Waals surface area contributed by atoms with E-state index in [0.29, 0.717) is 5.56 Å². The number of amides is 1. The quantitative estimate of drug-likeness (QED) is 0.903. The summed E-state index contributed by atoms with van der Waals surface area (Å²) in [6, 6.07) is 7.42. The molecule has 0 radical (unpaired) electrons. The average Bonchev–Trinajstić information content (AvgIpc) is 2.82. The van der Waals surface area contributed by atoms with Crippen molar-refractivity contribution in [2.45, 2.75) is 13.8 Å². The molecule has 2 rings (SSSR count). The largest absolute Gasteiger partial charge is 0.481 e. The molecule has 100 valence electrons. The Hall–Kier alpha value is -1.88. The van der Waals surface area contributed by atoms with E-state index in [2.05, 4.69) is 5.32 Å². The van der Waals surface area contributed by atoms with Crippen molar-refractivity contribution < 1.29 is 14.7 Å². The number of thiophene rings is 1. The van der Waals surface area contributed by atoms with E-state index in [0.717, 1.165) is 10.1 Å². The predicted octanol–water partition coefficient (Wildman–Crippen LogP) is 2.74. The number of nitrogens with one attached hydrogen (secondary N) is 1. The minimum Gasteiger partial charge on any atom is -0.481 e. The van der Waals surface area contributed by atoms with Crippen LogP contribution >= 0.6 is 11.3 Å². The number of aliphatic carboxylic acids is 1. The van der Waals surface area contributed by atoms with Gasteiger partial charge in [0, 0.05) is 16.8 Å². The van der Waals surface area contributed by atoms with Gasteiger partial charge in [0.25, 0.3) is 5.91 Å². The molecule has 19 heavy (non-hydrogen) atoms. The Labute approximate surface area is 115 Å². The zero-order valence-corrected chi connectivity index (χ0v) is 11.6. The third-order valence-corrected chi connectivity index (χ3v) is 3.88. The van der Waals surface area contributed by atoms with Crippen molar-refractivity contribution in [3.05, 3.63) is 35.2 Å². The maximum Gasteiger partial charge on any atom is 0.310 e. The molecule has 0 aliphatic carbocycles. The molecule has 1 aromatic heterocycles. The van der Waals surface area contributed by atoms with Gasteiger partial charge in [-0.2, -0.15) is 0 Å². The molecule has 0 fully saturated rings. The summed E-state index contributed by atoms with van der Waals surface area (Å²) in [5.74, 6) is -1.18. The van der Waals surface area contributed by atoms with Crippen LogP contribution in [0.1, 0.15) is 24.2 Å². The lowest BCUT2D eigenvalue weighted by atomic mass is 9.94. The van der Waals surface area contributed by atoms with Gasteiger partial charge in [-0.15, -0.1) is 11.3 Å². The van der Waals surface area contributed by atoms with Crippen LogP contribution < -0.4 is 5.32 Å². The van der Waals surface area contributed by atoms with Gasteiger partial charge in [-0.3, -0.25) is 9.59 Å². The van der Waals surface area contributed by atoms with Gasteiger partial charge in [0.1, 0.15) is 0 Å². The van der Waals surface area contributed by atoms with Crippen LogP contribution in [-0.2, 0) is 4.79 Å². The van der Waals surface area contributed by atoms with Crippen molar-refractivity contribution >= 4 is 33.3 Å². The summed E-state index contributed by atoms with van der Waals surface area (Å²) in [7, 11) is 0. The van der Waals surface area contributed by atoms with Crippen LogP contribution in [0, 0.1) is 5.41 Å².